The Bertz CT molecular complexity index is 392. The highest BCUT2D eigenvalue weighted by atomic mass is 19.1. The van der Waals surface area contributed by atoms with Gasteiger partial charge in [-0.25, -0.2) is 4.39 Å². The number of halogens is 1. The number of amides is 1. The molecule has 2 rings (SSSR count). The van der Waals surface area contributed by atoms with Crippen LogP contribution in [-0.2, 0) is 4.79 Å². The van der Waals surface area contributed by atoms with Crippen molar-refractivity contribution in [2.24, 2.45) is 0 Å². The quantitative estimate of drug-likeness (QED) is 0.725. The van der Waals surface area contributed by atoms with Crippen molar-refractivity contribution in [3.63, 3.8) is 0 Å². The van der Waals surface area contributed by atoms with E-state index in [-0.39, 0.29) is 17.8 Å². The molecule has 1 unspecified atom stereocenters. The van der Waals surface area contributed by atoms with Gasteiger partial charge in [-0.2, -0.15) is 0 Å². The number of nitrogens with zero attached hydrogens (tertiary/aromatic N) is 1. The second-order valence-corrected chi connectivity index (χ2v) is 3.32. The van der Waals surface area contributed by atoms with Gasteiger partial charge < -0.3 is 10.2 Å². The van der Waals surface area contributed by atoms with Gasteiger partial charge >= 0.3 is 0 Å². The van der Waals surface area contributed by atoms with Gasteiger partial charge in [-0.3, -0.25) is 4.79 Å². The predicted octanol–water partition coefficient (Wildman–Crippen LogP) is 1.06. The third-order valence-corrected chi connectivity index (χ3v) is 2.53. The molecule has 1 aliphatic heterocycles. The molecule has 14 heavy (non-hydrogen) atoms. The number of fused-ring (bicyclic) bond motifs is 1. The molecule has 0 fully saturated rings. The van der Waals surface area contributed by atoms with Gasteiger partial charge in [-0.1, -0.05) is 6.07 Å². The van der Waals surface area contributed by atoms with E-state index in [1.165, 1.54) is 17.0 Å². The van der Waals surface area contributed by atoms with E-state index in [9.17, 15) is 9.18 Å². The average Bonchev–Trinajstić information content (AvgIpc) is 2.41. The molecular weight excluding hydrogens is 183 g/mol. The molecule has 0 saturated carbocycles. The molecule has 0 saturated heterocycles. The fourth-order valence-corrected chi connectivity index (χ4v) is 1.78. The summed E-state index contributed by atoms with van der Waals surface area (Å²) in [6.45, 7) is 0. The van der Waals surface area contributed by atoms with Crippen LogP contribution < -0.4 is 10.2 Å². The molecule has 74 valence electrons. The first-order valence-corrected chi connectivity index (χ1v) is 4.39. The minimum atomic E-state index is -0.337. The average molecular weight is 194 g/mol. The van der Waals surface area contributed by atoms with Gasteiger partial charge in [-0.15, -0.1) is 0 Å². The summed E-state index contributed by atoms with van der Waals surface area (Å²) < 4.78 is 12.9. The van der Waals surface area contributed by atoms with Crippen LogP contribution in [0.4, 0.5) is 10.1 Å². The van der Waals surface area contributed by atoms with Crippen molar-refractivity contribution in [3.8, 4) is 0 Å². The maximum Gasteiger partial charge on any atom is 0.248 e. The third-order valence-electron chi connectivity index (χ3n) is 2.53. The summed E-state index contributed by atoms with van der Waals surface area (Å²) in [5.74, 6) is -0.367. The summed E-state index contributed by atoms with van der Waals surface area (Å²) in [7, 11) is 3.37. The van der Waals surface area contributed by atoms with Crippen molar-refractivity contribution in [2.75, 3.05) is 19.0 Å². The van der Waals surface area contributed by atoms with Gasteiger partial charge in [-0.05, 0) is 19.2 Å². The first-order chi connectivity index (χ1) is 6.65. The SMILES string of the molecule is CNC1C(=O)N(C)c2cc(F)ccc21. The Kier molecular flexibility index (Phi) is 2.00. The zero-order valence-corrected chi connectivity index (χ0v) is 8.04. The second kappa shape index (κ2) is 3.06. The van der Waals surface area contributed by atoms with E-state index in [4.69, 9.17) is 0 Å². The van der Waals surface area contributed by atoms with Crippen molar-refractivity contribution in [2.45, 2.75) is 6.04 Å². The number of carbonyl (C=O) groups excluding carboxylic acids is 1. The minimum Gasteiger partial charge on any atom is -0.313 e. The topological polar surface area (TPSA) is 32.3 Å². The smallest absolute Gasteiger partial charge is 0.248 e. The molecule has 1 aromatic carbocycles. The third kappa shape index (κ3) is 1.11. The van der Waals surface area contributed by atoms with E-state index < -0.39 is 0 Å². The summed E-state index contributed by atoms with van der Waals surface area (Å²) in [6.07, 6.45) is 0. The van der Waals surface area contributed by atoms with Crippen LogP contribution >= 0.6 is 0 Å². The van der Waals surface area contributed by atoms with Crippen molar-refractivity contribution in [1.82, 2.24) is 5.32 Å². The lowest BCUT2D eigenvalue weighted by Crippen LogP contribution is -2.30. The molecule has 0 spiro atoms. The highest BCUT2D eigenvalue weighted by Gasteiger charge is 2.33. The van der Waals surface area contributed by atoms with Crippen LogP contribution in [0.5, 0.6) is 0 Å². The molecule has 1 heterocycles. The lowest BCUT2D eigenvalue weighted by molar-refractivity contribution is -0.119. The zero-order valence-electron chi connectivity index (χ0n) is 8.04. The summed E-state index contributed by atoms with van der Waals surface area (Å²) in [5, 5.41) is 2.91. The minimum absolute atomic E-state index is 0.0481. The summed E-state index contributed by atoms with van der Waals surface area (Å²) >= 11 is 0. The Morgan fingerprint density at radius 3 is 2.86 bits per heavy atom. The molecule has 3 nitrogen and oxygen atoms in total. The number of hydrogen-bond donors (Lipinski definition) is 1. The number of hydrogen-bond acceptors (Lipinski definition) is 2. The van der Waals surface area contributed by atoms with Crippen molar-refractivity contribution < 1.29 is 9.18 Å². The molecular formula is C10H11FN2O. The normalized spacial score (nSPS) is 20.1. The predicted molar refractivity (Wildman–Crippen MR) is 51.6 cm³/mol. The molecule has 0 bridgehead atoms. The van der Waals surface area contributed by atoms with Gasteiger partial charge in [0.2, 0.25) is 5.91 Å². The number of nitrogens with one attached hydrogen (secondary N) is 1. The van der Waals surface area contributed by atoms with Crippen molar-refractivity contribution in [1.29, 1.82) is 0 Å². The van der Waals surface area contributed by atoms with Crippen molar-refractivity contribution >= 4 is 11.6 Å². The van der Waals surface area contributed by atoms with Gasteiger partial charge in [0.15, 0.2) is 0 Å². The van der Waals surface area contributed by atoms with E-state index in [2.05, 4.69) is 5.32 Å². The van der Waals surface area contributed by atoms with Gasteiger partial charge in [0.25, 0.3) is 0 Å². The van der Waals surface area contributed by atoms with Crippen LogP contribution in [0.1, 0.15) is 11.6 Å². The van der Waals surface area contributed by atoms with E-state index in [1.807, 2.05) is 0 Å². The number of carbonyl (C=O) groups is 1. The van der Waals surface area contributed by atoms with E-state index in [0.717, 1.165) is 5.56 Å². The Balaban J connectivity index is 2.55. The van der Waals surface area contributed by atoms with Gasteiger partial charge in [0, 0.05) is 12.6 Å². The highest BCUT2D eigenvalue weighted by molar-refractivity contribution is 6.04. The summed E-state index contributed by atoms with van der Waals surface area (Å²) in [4.78, 5) is 13.1. The van der Waals surface area contributed by atoms with Gasteiger partial charge in [0.1, 0.15) is 11.9 Å². The van der Waals surface area contributed by atoms with E-state index in [1.54, 1.807) is 20.2 Å². The molecule has 0 aliphatic carbocycles. The van der Waals surface area contributed by atoms with Crippen LogP contribution in [0.25, 0.3) is 0 Å². The monoisotopic (exact) mass is 194 g/mol. The molecule has 1 N–H and O–H groups in total. The zero-order chi connectivity index (χ0) is 10.3. The molecule has 1 amide bonds. The van der Waals surface area contributed by atoms with Crippen LogP contribution in [0.2, 0.25) is 0 Å². The van der Waals surface area contributed by atoms with Crippen molar-refractivity contribution in [3.05, 3.63) is 29.6 Å². The number of benzene rings is 1. The fourth-order valence-electron chi connectivity index (χ4n) is 1.78. The van der Waals surface area contributed by atoms with Gasteiger partial charge in [0.05, 0.1) is 5.69 Å². The molecule has 4 heteroatoms. The lowest BCUT2D eigenvalue weighted by Gasteiger charge is -2.09. The molecule has 1 aromatic rings. The van der Waals surface area contributed by atoms with Crippen LogP contribution in [0.3, 0.4) is 0 Å². The Hall–Kier alpha value is -1.42. The van der Waals surface area contributed by atoms with Crippen LogP contribution in [0.15, 0.2) is 18.2 Å². The first-order valence-electron chi connectivity index (χ1n) is 4.39. The second-order valence-electron chi connectivity index (χ2n) is 3.32. The summed E-state index contributed by atoms with van der Waals surface area (Å²) in [5.41, 5.74) is 1.48. The maximum absolute atomic E-state index is 12.9. The Labute approximate surface area is 81.5 Å². The Morgan fingerprint density at radius 1 is 1.50 bits per heavy atom. The molecule has 0 aromatic heterocycles. The number of likely N-dealkylation sites (N-methyl/N-ethyl adjacent to an activating group) is 2. The van der Waals surface area contributed by atoms with Crippen LogP contribution in [0, 0.1) is 5.82 Å². The van der Waals surface area contributed by atoms with E-state index in [0.29, 0.717) is 5.69 Å². The molecule has 0 radical (unpaired) electrons. The van der Waals surface area contributed by atoms with E-state index >= 15 is 0 Å². The number of rotatable bonds is 1. The summed E-state index contributed by atoms with van der Waals surface area (Å²) in [6, 6.07) is 4.06. The number of anilines is 1. The fraction of sp³-hybridized carbons (Fsp3) is 0.300. The lowest BCUT2D eigenvalue weighted by atomic mass is 10.1. The molecule has 1 aliphatic rings. The standard InChI is InChI=1S/C10H11FN2O/c1-12-9-7-4-3-6(11)5-8(7)13(2)10(9)14/h3-5,9,12H,1-2H3. The highest BCUT2D eigenvalue weighted by Crippen LogP contribution is 2.34. The Morgan fingerprint density at radius 2 is 2.21 bits per heavy atom. The largest absolute Gasteiger partial charge is 0.313 e. The first kappa shape index (κ1) is 9.15. The maximum atomic E-state index is 12.9. The molecule has 1 atom stereocenters. The van der Waals surface area contributed by atoms with Crippen LogP contribution in [-0.4, -0.2) is 20.0 Å².